The van der Waals surface area contributed by atoms with Gasteiger partial charge in [-0.15, -0.1) is 0 Å². The Morgan fingerprint density at radius 2 is 1.43 bits per heavy atom. The van der Waals surface area contributed by atoms with Gasteiger partial charge >= 0.3 is 0 Å². The Morgan fingerprint density at radius 1 is 0.833 bits per heavy atom. The summed E-state index contributed by atoms with van der Waals surface area (Å²) in [6, 6.07) is 10.6. The predicted octanol–water partition coefficient (Wildman–Crippen LogP) is 3.61. The molecule has 0 bridgehead atoms. The van der Waals surface area contributed by atoms with Gasteiger partial charge in [0.15, 0.2) is 0 Å². The van der Waals surface area contributed by atoms with Gasteiger partial charge in [-0.25, -0.2) is 9.29 Å². The van der Waals surface area contributed by atoms with E-state index in [1.807, 2.05) is 4.90 Å². The minimum atomic E-state index is -0.442. The Bertz CT molecular complexity index is 988. The second-order valence-corrected chi connectivity index (χ2v) is 7.29. The number of nitrogens with zero attached hydrogens (tertiary/aromatic N) is 2. The Labute approximate surface area is 174 Å². The van der Waals surface area contributed by atoms with Crippen LogP contribution < -0.4 is 14.4 Å². The number of halogens is 1. The van der Waals surface area contributed by atoms with Crippen molar-refractivity contribution in [1.82, 2.24) is 4.90 Å². The fourth-order valence-corrected chi connectivity index (χ4v) is 3.96. The van der Waals surface area contributed by atoms with Gasteiger partial charge in [-0.3, -0.25) is 9.59 Å². The van der Waals surface area contributed by atoms with E-state index in [1.54, 1.807) is 18.2 Å². The fourth-order valence-electron chi connectivity index (χ4n) is 3.96. The first-order valence-electron chi connectivity index (χ1n) is 9.90. The van der Waals surface area contributed by atoms with Gasteiger partial charge in [-0.1, -0.05) is 12.1 Å². The van der Waals surface area contributed by atoms with Crippen LogP contribution in [0.1, 0.15) is 24.8 Å². The van der Waals surface area contributed by atoms with Gasteiger partial charge < -0.3 is 14.4 Å². The summed E-state index contributed by atoms with van der Waals surface area (Å²) in [6.45, 7) is 1.41. The second-order valence-electron chi connectivity index (χ2n) is 7.29. The molecular formula is C23H23FN2O4. The highest BCUT2D eigenvalue weighted by Gasteiger charge is 2.43. The number of hydrogen-bond acceptors (Lipinski definition) is 5. The Balaban J connectivity index is 1.83. The normalized spacial score (nSPS) is 17.0. The van der Waals surface area contributed by atoms with Crippen molar-refractivity contribution in [2.24, 2.45) is 0 Å². The van der Waals surface area contributed by atoms with E-state index in [9.17, 15) is 14.0 Å². The van der Waals surface area contributed by atoms with Crippen LogP contribution in [-0.4, -0.2) is 44.0 Å². The monoisotopic (exact) mass is 410 g/mol. The van der Waals surface area contributed by atoms with E-state index in [-0.39, 0.29) is 0 Å². The molecule has 2 aliphatic rings. The number of carbonyl (C=O) groups is 2. The average molecular weight is 410 g/mol. The van der Waals surface area contributed by atoms with Crippen molar-refractivity contribution in [3.63, 3.8) is 0 Å². The summed E-state index contributed by atoms with van der Waals surface area (Å²) in [5, 5.41) is 0. The highest BCUT2D eigenvalue weighted by atomic mass is 19.1. The average Bonchev–Trinajstić information content (AvgIpc) is 3.04. The highest BCUT2D eigenvalue weighted by Crippen LogP contribution is 2.38. The standard InChI is InChI=1S/C23H23FN2O4/c1-29-18-12-17(13-19(14-18)30-2)26-22(27)20(15-6-8-16(24)9-7-15)21(23(26)28)25-10-4-3-5-11-25/h6-9,12-14H,3-5,10-11H2,1-2H3. The first kappa shape index (κ1) is 19.9. The number of carbonyl (C=O) groups excluding carboxylic acids is 2. The summed E-state index contributed by atoms with van der Waals surface area (Å²) in [4.78, 5) is 30.1. The third-order valence-corrected chi connectivity index (χ3v) is 5.46. The van der Waals surface area contributed by atoms with Crippen LogP contribution in [0.4, 0.5) is 10.1 Å². The van der Waals surface area contributed by atoms with Crippen molar-refractivity contribution < 1.29 is 23.5 Å². The van der Waals surface area contributed by atoms with Crippen LogP contribution in [0.5, 0.6) is 11.5 Å². The number of anilines is 1. The van der Waals surface area contributed by atoms with E-state index in [4.69, 9.17) is 9.47 Å². The predicted molar refractivity (Wildman–Crippen MR) is 111 cm³/mol. The molecule has 7 heteroatoms. The molecule has 2 aromatic carbocycles. The van der Waals surface area contributed by atoms with E-state index in [0.29, 0.717) is 47.1 Å². The molecule has 2 heterocycles. The zero-order valence-electron chi connectivity index (χ0n) is 17.0. The molecule has 0 N–H and O–H groups in total. The first-order valence-corrected chi connectivity index (χ1v) is 9.90. The van der Waals surface area contributed by atoms with Crippen molar-refractivity contribution in [3.8, 4) is 11.5 Å². The lowest BCUT2D eigenvalue weighted by atomic mass is 10.0. The van der Waals surface area contributed by atoms with Gasteiger partial charge in [0.1, 0.15) is 23.0 Å². The van der Waals surface area contributed by atoms with Crippen LogP contribution in [0.2, 0.25) is 0 Å². The number of benzene rings is 2. The van der Waals surface area contributed by atoms with Crippen LogP contribution in [0.3, 0.4) is 0 Å². The third kappa shape index (κ3) is 3.51. The number of hydrogen-bond donors (Lipinski definition) is 0. The number of amides is 2. The van der Waals surface area contributed by atoms with E-state index in [1.165, 1.54) is 38.5 Å². The van der Waals surface area contributed by atoms with Crippen LogP contribution >= 0.6 is 0 Å². The molecule has 0 spiro atoms. The van der Waals surface area contributed by atoms with Gasteiger partial charge in [-0.2, -0.15) is 0 Å². The van der Waals surface area contributed by atoms with Crippen LogP contribution in [0, 0.1) is 5.82 Å². The Morgan fingerprint density at radius 3 is 2.00 bits per heavy atom. The summed E-state index contributed by atoms with van der Waals surface area (Å²) in [6.07, 6.45) is 3.00. The van der Waals surface area contributed by atoms with E-state index in [2.05, 4.69) is 0 Å². The zero-order valence-corrected chi connectivity index (χ0v) is 17.0. The molecule has 2 aliphatic heterocycles. The van der Waals surface area contributed by atoms with Crippen molar-refractivity contribution in [3.05, 3.63) is 59.5 Å². The maximum Gasteiger partial charge on any atom is 0.282 e. The van der Waals surface area contributed by atoms with Crippen molar-refractivity contribution >= 4 is 23.1 Å². The van der Waals surface area contributed by atoms with E-state index < -0.39 is 17.6 Å². The number of methoxy groups -OCH3 is 2. The van der Waals surface area contributed by atoms with Crippen LogP contribution in [0.25, 0.3) is 5.57 Å². The van der Waals surface area contributed by atoms with Gasteiger partial charge in [0.05, 0.1) is 25.5 Å². The molecule has 0 radical (unpaired) electrons. The third-order valence-electron chi connectivity index (χ3n) is 5.46. The second kappa shape index (κ2) is 8.18. The highest BCUT2D eigenvalue weighted by molar-refractivity contribution is 6.45. The largest absolute Gasteiger partial charge is 0.497 e. The molecule has 30 heavy (non-hydrogen) atoms. The van der Waals surface area contributed by atoms with E-state index >= 15 is 0 Å². The number of ether oxygens (including phenoxy) is 2. The van der Waals surface area contributed by atoms with Gasteiger partial charge in [0.2, 0.25) is 0 Å². The Kier molecular flexibility index (Phi) is 5.44. The smallest absolute Gasteiger partial charge is 0.282 e. The molecular weight excluding hydrogens is 387 g/mol. The molecule has 2 aromatic rings. The van der Waals surface area contributed by atoms with Gasteiger partial charge in [0.25, 0.3) is 11.8 Å². The molecule has 6 nitrogen and oxygen atoms in total. The molecule has 2 amide bonds. The molecule has 1 fully saturated rings. The van der Waals surface area contributed by atoms with Crippen molar-refractivity contribution in [2.75, 3.05) is 32.2 Å². The number of imide groups is 1. The molecule has 0 unspecified atom stereocenters. The minimum absolute atomic E-state index is 0.295. The molecule has 0 saturated carbocycles. The molecule has 0 aromatic heterocycles. The lowest BCUT2D eigenvalue weighted by molar-refractivity contribution is -0.120. The summed E-state index contributed by atoms with van der Waals surface area (Å²) < 4.78 is 24.1. The minimum Gasteiger partial charge on any atom is -0.497 e. The first-order chi connectivity index (χ1) is 14.5. The molecule has 4 rings (SSSR count). The Hall–Kier alpha value is -3.35. The molecule has 0 atom stereocenters. The number of likely N-dealkylation sites (tertiary alicyclic amines) is 1. The number of piperidine rings is 1. The summed E-state index contributed by atoms with van der Waals surface area (Å²) >= 11 is 0. The van der Waals surface area contributed by atoms with Gasteiger partial charge in [0, 0.05) is 31.3 Å². The number of rotatable bonds is 5. The van der Waals surface area contributed by atoms with Crippen molar-refractivity contribution in [1.29, 1.82) is 0 Å². The lowest BCUT2D eigenvalue weighted by Crippen LogP contribution is -2.37. The zero-order chi connectivity index (χ0) is 21.3. The van der Waals surface area contributed by atoms with Crippen molar-refractivity contribution in [2.45, 2.75) is 19.3 Å². The lowest BCUT2D eigenvalue weighted by Gasteiger charge is -2.29. The maximum absolute atomic E-state index is 13.5. The summed E-state index contributed by atoms with van der Waals surface area (Å²) in [5.41, 5.74) is 1.55. The fraction of sp³-hybridized carbons (Fsp3) is 0.304. The topological polar surface area (TPSA) is 59.1 Å². The molecule has 156 valence electrons. The maximum atomic E-state index is 13.5. The SMILES string of the molecule is COc1cc(OC)cc(N2C(=O)C(c3ccc(F)cc3)=C(N3CCCCC3)C2=O)c1. The van der Waals surface area contributed by atoms with Crippen LogP contribution in [-0.2, 0) is 9.59 Å². The van der Waals surface area contributed by atoms with Crippen LogP contribution in [0.15, 0.2) is 48.2 Å². The molecule has 0 aliphatic carbocycles. The van der Waals surface area contributed by atoms with E-state index in [0.717, 1.165) is 24.2 Å². The molecule has 1 saturated heterocycles. The van der Waals surface area contributed by atoms with Gasteiger partial charge in [-0.05, 0) is 37.0 Å². The summed E-state index contributed by atoms with van der Waals surface area (Å²) in [7, 11) is 3.01. The summed E-state index contributed by atoms with van der Waals surface area (Å²) in [5.74, 6) is -0.288. The quantitative estimate of drug-likeness (QED) is 0.705.